The van der Waals surface area contributed by atoms with Crippen molar-refractivity contribution in [2.45, 2.75) is 45.8 Å². The van der Waals surface area contributed by atoms with Gasteiger partial charge in [-0.05, 0) is 19.4 Å². The van der Waals surface area contributed by atoms with E-state index in [1.807, 2.05) is 20.0 Å². The lowest BCUT2D eigenvalue weighted by atomic mass is 10.1. The second-order valence-corrected chi connectivity index (χ2v) is 4.74. The lowest BCUT2D eigenvalue weighted by Gasteiger charge is -2.31. The van der Waals surface area contributed by atoms with Gasteiger partial charge >= 0.3 is 0 Å². The summed E-state index contributed by atoms with van der Waals surface area (Å²) in [5.41, 5.74) is 1.24. The summed E-state index contributed by atoms with van der Waals surface area (Å²) >= 11 is 0. The fraction of sp³-hybridized carbons (Fsp3) is 0.786. The van der Waals surface area contributed by atoms with Crippen molar-refractivity contribution in [3.63, 3.8) is 0 Å². The van der Waals surface area contributed by atoms with Crippen molar-refractivity contribution in [3.05, 3.63) is 18.0 Å². The molecule has 1 unspecified atom stereocenters. The predicted molar refractivity (Wildman–Crippen MR) is 72.7 cm³/mol. The van der Waals surface area contributed by atoms with Gasteiger partial charge in [0.2, 0.25) is 0 Å². The summed E-state index contributed by atoms with van der Waals surface area (Å²) in [7, 11) is 0. The Labute approximate surface area is 110 Å². The lowest BCUT2D eigenvalue weighted by Crippen LogP contribution is -2.37. The largest absolute Gasteiger partial charge is 0.371 e. The minimum Gasteiger partial charge on any atom is -0.371 e. The number of nitrogens with zero attached hydrogens (tertiary/aromatic N) is 3. The Kier molecular flexibility index (Phi) is 4.78. The zero-order valence-electron chi connectivity index (χ0n) is 11.8. The normalized spacial score (nSPS) is 24.5. The first-order valence-electron chi connectivity index (χ1n) is 7.25. The lowest BCUT2D eigenvalue weighted by molar-refractivity contribution is -0.0282. The number of rotatable bonds is 3. The molecule has 102 valence electrons. The Hall–Kier alpha value is -0.870. The van der Waals surface area contributed by atoms with Gasteiger partial charge in [0.25, 0.3) is 0 Å². The summed E-state index contributed by atoms with van der Waals surface area (Å²) in [5, 5.41) is 4.42. The van der Waals surface area contributed by atoms with Gasteiger partial charge in [0.05, 0.1) is 24.9 Å². The van der Waals surface area contributed by atoms with Crippen LogP contribution in [0, 0.1) is 0 Å². The van der Waals surface area contributed by atoms with Crippen LogP contribution in [-0.4, -0.2) is 40.9 Å². The van der Waals surface area contributed by atoms with Crippen LogP contribution in [0.15, 0.2) is 12.4 Å². The molecule has 0 N–H and O–H groups in total. The fourth-order valence-corrected chi connectivity index (χ4v) is 2.25. The maximum atomic E-state index is 5.81. The van der Waals surface area contributed by atoms with Crippen LogP contribution in [0.25, 0.3) is 0 Å². The Morgan fingerprint density at radius 3 is 2.83 bits per heavy atom. The van der Waals surface area contributed by atoms with E-state index in [0.717, 1.165) is 26.2 Å². The van der Waals surface area contributed by atoms with E-state index in [1.165, 1.54) is 18.4 Å². The van der Waals surface area contributed by atoms with E-state index in [-0.39, 0.29) is 6.10 Å². The third kappa shape index (κ3) is 3.12. The number of hydrogen-bond acceptors (Lipinski definition) is 3. The van der Waals surface area contributed by atoms with Gasteiger partial charge in [-0.2, -0.15) is 5.10 Å². The van der Waals surface area contributed by atoms with E-state index in [9.17, 15) is 0 Å². The molecule has 2 heterocycles. The molecule has 1 saturated carbocycles. The Bertz CT molecular complexity index is 360. The van der Waals surface area contributed by atoms with Crippen molar-refractivity contribution in [1.82, 2.24) is 14.7 Å². The average molecular weight is 251 g/mol. The van der Waals surface area contributed by atoms with Gasteiger partial charge in [0, 0.05) is 24.8 Å². The Morgan fingerprint density at radius 2 is 2.17 bits per heavy atom. The van der Waals surface area contributed by atoms with Crippen LogP contribution in [-0.2, 0) is 4.74 Å². The zero-order valence-corrected chi connectivity index (χ0v) is 11.8. The minimum atomic E-state index is 0.223. The number of ether oxygens (including phenoxy) is 1. The number of hydrogen-bond donors (Lipinski definition) is 0. The standard InChI is InChI=1S/C12H19N3O.C2H6/c1-2-14-5-6-16-12(9-14)10-7-13-15(8-10)11-3-4-11;1-2/h7-8,11-12H,2-6,9H2,1H3;1-2H3. The number of likely N-dealkylation sites (N-methyl/N-ethyl adjacent to an activating group) is 1. The van der Waals surface area contributed by atoms with Gasteiger partial charge in [-0.15, -0.1) is 0 Å². The van der Waals surface area contributed by atoms with E-state index in [1.54, 1.807) is 0 Å². The van der Waals surface area contributed by atoms with Gasteiger partial charge in [-0.25, -0.2) is 0 Å². The topological polar surface area (TPSA) is 30.3 Å². The van der Waals surface area contributed by atoms with E-state index < -0.39 is 0 Å². The highest BCUT2D eigenvalue weighted by atomic mass is 16.5. The molecular formula is C14H25N3O. The maximum absolute atomic E-state index is 5.81. The minimum absolute atomic E-state index is 0.223. The van der Waals surface area contributed by atoms with Crippen LogP contribution in [0.3, 0.4) is 0 Å². The molecule has 2 aliphatic rings. The van der Waals surface area contributed by atoms with Gasteiger partial charge < -0.3 is 4.74 Å². The molecule has 1 atom stereocenters. The maximum Gasteiger partial charge on any atom is 0.0982 e. The van der Waals surface area contributed by atoms with Crippen molar-refractivity contribution in [2.24, 2.45) is 0 Å². The highest BCUT2D eigenvalue weighted by molar-refractivity contribution is 5.11. The van der Waals surface area contributed by atoms with Crippen molar-refractivity contribution in [2.75, 3.05) is 26.2 Å². The second-order valence-electron chi connectivity index (χ2n) is 4.74. The third-order valence-corrected chi connectivity index (χ3v) is 3.51. The molecule has 1 aromatic heterocycles. The van der Waals surface area contributed by atoms with Crippen LogP contribution < -0.4 is 0 Å². The molecule has 4 nitrogen and oxygen atoms in total. The first-order chi connectivity index (χ1) is 8.86. The second kappa shape index (κ2) is 6.34. The molecule has 2 fully saturated rings. The van der Waals surface area contributed by atoms with Gasteiger partial charge in [-0.3, -0.25) is 9.58 Å². The third-order valence-electron chi connectivity index (χ3n) is 3.51. The molecule has 0 spiro atoms. The van der Waals surface area contributed by atoms with Crippen LogP contribution in [0.4, 0.5) is 0 Å². The highest BCUT2D eigenvalue weighted by Crippen LogP contribution is 2.35. The van der Waals surface area contributed by atoms with Crippen LogP contribution in [0.2, 0.25) is 0 Å². The summed E-state index contributed by atoms with van der Waals surface area (Å²) in [5.74, 6) is 0. The number of aromatic nitrogens is 2. The van der Waals surface area contributed by atoms with Crippen LogP contribution in [0.1, 0.15) is 51.3 Å². The molecule has 1 aliphatic heterocycles. The molecule has 0 radical (unpaired) electrons. The van der Waals surface area contributed by atoms with Gasteiger partial charge in [0.15, 0.2) is 0 Å². The Morgan fingerprint density at radius 1 is 1.39 bits per heavy atom. The first-order valence-corrected chi connectivity index (χ1v) is 7.25. The zero-order chi connectivity index (χ0) is 13.0. The van der Waals surface area contributed by atoms with Crippen molar-refractivity contribution in [3.8, 4) is 0 Å². The molecule has 18 heavy (non-hydrogen) atoms. The smallest absolute Gasteiger partial charge is 0.0982 e. The van der Waals surface area contributed by atoms with E-state index in [0.29, 0.717) is 6.04 Å². The summed E-state index contributed by atoms with van der Waals surface area (Å²) < 4.78 is 7.92. The summed E-state index contributed by atoms with van der Waals surface area (Å²) in [6.45, 7) is 10.2. The molecule has 1 aliphatic carbocycles. The molecule has 0 bridgehead atoms. The molecule has 1 saturated heterocycles. The summed E-state index contributed by atoms with van der Waals surface area (Å²) in [6.07, 6.45) is 6.94. The summed E-state index contributed by atoms with van der Waals surface area (Å²) in [4.78, 5) is 2.43. The van der Waals surface area contributed by atoms with Crippen molar-refractivity contribution >= 4 is 0 Å². The average Bonchev–Trinajstić information content (AvgIpc) is 3.19. The quantitative estimate of drug-likeness (QED) is 0.827. The van der Waals surface area contributed by atoms with E-state index in [2.05, 4.69) is 27.8 Å². The van der Waals surface area contributed by atoms with Crippen LogP contribution in [0.5, 0.6) is 0 Å². The van der Waals surface area contributed by atoms with Crippen LogP contribution >= 0.6 is 0 Å². The molecule has 1 aromatic rings. The molecule has 3 rings (SSSR count). The molecule has 0 amide bonds. The predicted octanol–water partition coefficient (Wildman–Crippen LogP) is 2.64. The van der Waals surface area contributed by atoms with Crippen molar-refractivity contribution in [1.29, 1.82) is 0 Å². The Balaban J connectivity index is 0.000000574. The van der Waals surface area contributed by atoms with E-state index in [4.69, 9.17) is 4.74 Å². The van der Waals surface area contributed by atoms with E-state index >= 15 is 0 Å². The SMILES string of the molecule is CC.CCN1CCOC(c2cnn(C3CC3)c2)C1. The van der Waals surface area contributed by atoms with Gasteiger partial charge in [0.1, 0.15) is 0 Å². The fourth-order valence-electron chi connectivity index (χ4n) is 2.25. The molecular weight excluding hydrogens is 226 g/mol. The first kappa shape index (κ1) is 13.6. The number of morpholine rings is 1. The van der Waals surface area contributed by atoms with Gasteiger partial charge in [-0.1, -0.05) is 20.8 Å². The molecule has 0 aromatic carbocycles. The van der Waals surface area contributed by atoms with Crippen molar-refractivity contribution < 1.29 is 4.74 Å². The molecule has 4 heteroatoms. The summed E-state index contributed by atoms with van der Waals surface area (Å²) in [6, 6.07) is 0.666. The highest BCUT2D eigenvalue weighted by Gasteiger charge is 2.27. The monoisotopic (exact) mass is 251 g/mol.